The summed E-state index contributed by atoms with van der Waals surface area (Å²) in [5.41, 5.74) is 0.392. The molecule has 1 fully saturated rings. The highest BCUT2D eigenvalue weighted by Crippen LogP contribution is 2.26. The Morgan fingerprint density at radius 3 is 2.79 bits per heavy atom. The van der Waals surface area contributed by atoms with Gasteiger partial charge >= 0.3 is 0 Å². The molecule has 24 heavy (non-hydrogen) atoms. The van der Waals surface area contributed by atoms with Crippen LogP contribution in [0.2, 0.25) is 0 Å². The lowest BCUT2D eigenvalue weighted by molar-refractivity contribution is 0.0951. The van der Waals surface area contributed by atoms with Crippen LogP contribution in [-0.4, -0.2) is 48.0 Å². The van der Waals surface area contributed by atoms with Crippen LogP contribution in [0.4, 0.5) is 0 Å². The SMILES string of the molecule is Cn1cnnc1SCCNC(=O)c1cn(C2CCCCCC2)nn1. The van der Waals surface area contributed by atoms with Crippen LogP contribution in [0.25, 0.3) is 0 Å². The third-order valence-electron chi connectivity index (χ3n) is 4.23. The number of rotatable bonds is 6. The molecule has 1 N–H and O–H groups in total. The van der Waals surface area contributed by atoms with Crippen molar-refractivity contribution in [1.29, 1.82) is 0 Å². The monoisotopic (exact) mass is 349 g/mol. The van der Waals surface area contributed by atoms with Gasteiger partial charge in [0.2, 0.25) is 0 Å². The smallest absolute Gasteiger partial charge is 0.273 e. The Morgan fingerprint density at radius 2 is 2.08 bits per heavy atom. The standard InChI is InChI=1S/C15H23N7OS/c1-21-11-17-19-15(21)24-9-8-16-14(23)13-10-22(20-18-13)12-6-4-2-3-5-7-12/h10-12H,2-9H2,1H3,(H,16,23). The predicted molar refractivity (Wildman–Crippen MR) is 90.8 cm³/mol. The van der Waals surface area contributed by atoms with Crippen molar-refractivity contribution < 1.29 is 4.79 Å². The average molecular weight is 349 g/mol. The topological polar surface area (TPSA) is 90.5 Å². The fourth-order valence-electron chi connectivity index (χ4n) is 2.88. The molecule has 8 nitrogen and oxygen atoms in total. The van der Waals surface area contributed by atoms with E-state index in [0.717, 1.165) is 23.8 Å². The summed E-state index contributed by atoms with van der Waals surface area (Å²) in [5, 5.41) is 19.7. The van der Waals surface area contributed by atoms with Gasteiger partial charge < -0.3 is 9.88 Å². The highest BCUT2D eigenvalue weighted by Gasteiger charge is 2.18. The minimum Gasteiger partial charge on any atom is -0.350 e. The van der Waals surface area contributed by atoms with Gasteiger partial charge in [0, 0.05) is 19.3 Å². The van der Waals surface area contributed by atoms with E-state index in [4.69, 9.17) is 0 Å². The molecule has 2 aromatic rings. The van der Waals surface area contributed by atoms with Gasteiger partial charge in [-0.25, -0.2) is 4.68 Å². The van der Waals surface area contributed by atoms with Crippen molar-refractivity contribution in [3.8, 4) is 0 Å². The quantitative estimate of drug-likeness (QED) is 0.486. The average Bonchev–Trinajstić information content (AvgIpc) is 3.14. The number of nitrogens with one attached hydrogen (secondary N) is 1. The zero-order chi connectivity index (χ0) is 16.8. The van der Waals surface area contributed by atoms with Gasteiger partial charge in [-0.05, 0) is 12.8 Å². The fourth-order valence-corrected chi connectivity index (χ4v) is 3.62. The second-order valence-corrected chi connectivity index (χ2v) is 7.12. The lowest BCUT2D eigenvalue weighted by Crippen LogP contribution is -2.26. The van der Waals surface area contributed by atoms with Crippen LogP contribution in [0.5, 0.6) is 0 Å². The number of carbonyl (C=O) groups is 1. The molecular formula is C15H23N7OS. The van der Waals surface area contributed by atoms with E-state index in [1.165, 1.54) is 25.7 Å². The molecule has 1 aliphatic rings. The largest absolute Gasteiger partial charge is 0.350 e. The van der Waals surface area contributed by atoms with E-state index in [0.29, 0.717) is 18.3 Å². The number of aromatic nitrogens is 6. The van der Waals surface area contributed by atoms with Crippen LogP contribution in [-0.2, 0) is 7.05 Å². The van der Waals surface area contributed by atoms with Crippen molar-refractivity contribution in [1.82, 2.24) is 35.1 Å². The first-order valence-corrected chi connectivity index (χ1v) is 9.39. The summed E-state index contributed by atoms with van der Waals surface area (Å²) in [4.78, 5) is 12.2. The predicted octanol–water partition coefficient (Wildman–Crippen LogP) is 1.82. The maximum absolute atomic E-state index is 12.2. The molecule has 0 aliphatic heterocycles. The van der Waals surface area contributed by atoms with Gasteiger partial charge in [0.05, 0.1) is 12.2 Å². The molecule has 1 saturated carbocycles. The van der Waals surface area contributed by atoms with Crippen LogP contribution in [0, 0.1) is 0 Å². The van der Waals surface area contributed by atoms with Crippen molar-refractivity contribution >= 4 is 17.7 Å². The second-order valence-electron chi connectivity index (χ2n) is 6.06. The van der Waals surface area contributed by atoms with E-state index >= 15 is 0 Å². The summed E-state index contributed by atoms with van der Waals surface area (Å²) in [5.74, 6) is 0.558. The van der Waals surface area contributed by atoms with Crippen LogP contribution in [0.1, 0.15) is 55.1 Å². The van der Waals surface area contributed by atoms with Crippen molar-refractivity contribution in [3.05, 3.63) is 18.2 Å². The zero-order valence-corrected chi connectivity index (χ0v) is 14.7. The van der Waals surface area contributed by atoms with E-state index in [-0.39, 0.29) is 5.91 Å². The summed E-state index contributed by atoms with van der Waals surface area (Å²) in [7, 11) is 1.90. The molecule has 0 atom stereocenters. The Bertz CT molecular complexity index is 660. The first kappa shape index (κ1) is 16.9. The van der Waals surface area contributed by atoms with E-state index in [1.807, 2.05) is 16.3 Å². The second kappa shape index (κ2) is 8.27. The maximum Gasteiger partial charge on any atom is 0.273 e. The van der Waals surface area contributed by atoms with Gasteiger partial charge in [-0.1, -0.05) is 42.7 Å². The molecule has 1 amide bonds. The van der Waals surface area contributed by atoms with Gasteiger partial charge in [0.15, 0.2) is 10.9 Å². The van der Waals surface area contributed by atoms with Gasteiger partial charge in [0.25, 0.3) is 5.91 Å². The first-order valence-electron chi connectivity index (χ1n) is 8.41. The number of aryl methyl sites for hydroxylation is 1. The van der Waals surface area contributed by atoms with Gasteiger partial charge in [0.1, 0.15) is 6.33 Å². The molecule has 2 heterocycles. The molecule has 2 aromatic heterocycles. The van der Waals surface area contributed by atoms with Gasteiger partial charge in [-0.15, -0.1) is 15.3 Å². The summed E-state index contributed by atoms with van der Waals surface area (Å²) < 4.78 is 3.72. The Hall–Kier alpha value is -1.90. The number of nitrogens with zero attached hydrogens (tertiary/aromatic N) is 6. The molecule has 0 radical (unpaired) electrons. The molecule has 130 valence electrons. The van der Waals surface area contributed by atoms with Crippen LogP contribution < -0.4 is 5.32 Å². The Balaban J connectivity index is 1.46. The van der Waals surface area contributed by atoms with Crippen molar-refractivity contribution in [3.63, 3.8) is 0 Å². The molecule has 9 heteroatoms. The molecule has 0 saturated heterocycles. The third kappa shape index (κ3) is 4.34. The molecule has 0 unspecified atom stereocenters. The zero-order valence-electron chi connectivity index (χ0n) is 13.9. The van der Waals surface area contributed by atoms with Crippen molar-refractivity contribution in [2.45, 2.75) is 49.7 Å². The minimum absolute atomic E-state index is 0.173. The lowest BCUT2D eigenvalue weighted by atomic mass is 10.1. The first-order chi connectivity index (χ1) is 11.7. The number of carbonyl (C=O) groups excluding carboxylic acids is 1. The van der Waals surface area contributed by atoms with Crippen molar-refractivity contribution in [2.24, 2.45) is 7.05 Å². The molecule has 0 bridgehead atoms. The van der Waals surface area contributed by atoms with E-state index in [2.05, 4.69) is 25.8 Å². The molecular weight excluding hydrogens is 326 g/mol. The van der Waals surface area contributed by atoms with Gasteiger partial charge in [-0.2, -0.15) is 0 Å². The highest BCUT2D eigenvalue weighted by molar-refractivity contribution is 7.99. The van der Waals surface area contributed by atoms with Crippen LogP contribution >= 0.6 is 11.8 Å². The van der Waals surface area contributed by atoms with Crippen LogP contribution in [0.3, 0.4) is 0 Å². The van der Waals surface area contributed by atoms with Gasteiger partial charge in [-0.3, -0.25) is 4.79 Å². The van der Waals surface area contributed by atoms with E-state index < -0.39 is 0 Å². The number of amides is 1. The lowest BCUT2D eigenvalue weighted by Gasteiger charge is -2.12. The Labute approximate surface area is 145 Å². The van der Waals surface area contributed by atoms with E-state index in [1.54, 1.807) is 24.3 Å². The minimum atomic E-state index is -0.173. The Kier molecular flexibility index (Phi) is 5.84. The normalized spacial score (nSPS) is 16.0. The summed E-state index contributed by atoms with van der Waals surface area (Å²) in [6, 6.07) is 0.382. The maximum atomic E-state index is 12.2. The van der Waals surface area contributed by atoms with E-state index in [9.17, 15) is 4.79 Å². The number of hydrogen-bond donors (Lipinski definition) is 1. The molecule has 1 aliphatic carbocycles. The molecule has 0 aromatic carbocycles. The molecule has 3 rings (SSSR count). The highest BCUT2D eigenvalue weighted by atomic mass is 32.2. The number of hydrogen-bond acceptors (Lipinski definition) is 6. The third-order valence-corrected chi connectivity index (χ3v) is 5.27. The summed E-state index contributed by atoms with van der Waals surface area (Å²) in [6.07, 6.45) is 10.7. The molecule has 0 spiro atoms. The van der Waals surface area contributed by atoms with Crippen LogP contribution in [0.15, 0.2) is 17.7 Å². The number of thioether (sulfide) groups is 1. The summed E-state index contributed by atoms with van der Waals surface area (Å²) >= 11 is 1.55. The Morgan fingerprint density at radius 1 is 1.29 bits per heavy atom. The summed E-state index contributed by atoms with van der Waals surface area (Å²) in [6.45, 7) is 0.548. The fraction of sp³-hybridized carbons (Fsp3) is 0.667. The van der Waals surface area contributed by atoms with Crippen molar-refractivity contribution in [2.75, 3.05) is 12.3 Å².